The second-order valence-electron chi connectivity index (χ2n) is 6.07. The number of esters is 1. The monoisotopic (exact) mass is 397 g/mol. The van der Waals surface area contributed by atoms with Crippen molar-refractivity contribution in [2.45, 2.75) is 24.7 Å². The number of pyridine rings is 1. The highest BCUT2D eigenvalue weighted by Gasteiger charge is 2.27. The fourth-order valence-corrected chi connectivity index (χ4v) is 3.86. The molecule has 1 aliphatic rings. The van der Waals surface area contributed by atoms with Gasteiger partial charge in [-0.2, -0.15) is 0 Å². The first-order valence-electron chi connectivity index (χ1n) is 9.00. The standard InChI is InChI=1S/C17H27N5O4S/c1-3-26-16(23)14-6-11-22(12-7-14)17(18-2)20-9-10-21-27(24,25)15-5-4-8-19-13-15/h4-5,8,13-14,21H,3,6-7,9-12H2,1-2H3,(H,18,20). The number of ether oxygens (including phenoxy) is 1. The van der Waals surface area contributed by atoms with Crippen LogP contribution in [-0.2, 0) is 19.6 Å². The zero-order valence-corrected chi connectivity index (χ0v) is 16.5. The lowest BCUT2D eigenvalue weighted by atomic mass is 9.97. The molecule has 0 amide bonds. The van der Waals surface area contributed by atoms with E-state index in [1.54, 1.807) is 20.0 Å². The Bertz CT molecular complexity index is 731. The van der Waals surface area contributed by atoms with Gasteiger partial charge in [-0.15, -0.1) is 0 Å². The third-order valence-corrected chi connectivity index (χ3v) is 5.72. The number of hydrogen-bond acceptors (Lipinski definition) is 6. The Kier molecular flexibility index (Phi) is 7.99. The molecule has 0 spiro atoms. The number of aromatic nitrogens is 1. The molecule has 9 nitrogen and oxygen atoms in total. The summed E-state index contributed by atoms with van der Waals surface area (Å²) < 4.78 is 31.9. The molecular weight excluding hydrogens is 370 g/mol. The fraction of sp³-hybridized carbons (Fsp3) is 0.588. The van der Waals surface area contributed by atoms with Gasteiger partial charge in [0.2, 0.25) is 10.0 Å². The molecule has 0 bridgehead atoms. The van der Waals surface area contributed by atoms with Crippen molar-refractivity contribution in [3.63, 3.8) is 0 Å². The van der Waals surface area contributed by atoms with Gasteiger partial charge in [-0.3, -0.25) is 14.8 Å². The summed E-state index contributed by atoms with van der Waals surface area (Å²) in [6.07, 6.45) is 4.26. The van der Waals surface area contributed by atoms with Crippen molar-refractivity contribution in [3.8, 4) is 0 Å². The molecule has 1 fully saturated rings. The zero-order valence-electron chi connectivity index (χ0n) is 15.7. The van der Waals surface area contributed by atoms with Crippen molar-refractivity contribution in [1.82, 2.24) is 19.9 Å². The smallest absolute Gasteiger partial charge is 0.309 e. The van der Waals surface area contributed by atoms with Gasteiger partial charge in [0.25, 0.3) is 0 Å². The summed E-state index contributed by atoms with van der Waals surface area (Å²) in [7, 11) is -1.89. The van der Waals surface area contributed by atoms with Crippen LogP contribution in [-0.4, -0.2) is 70.1 Å². The highest BCUT2D eigenvalue weighted by Crippen LogP contribution is 2.18. The van der Waals surface area contributed by atoms with E-state index < -0.39 is 10.0 Å². The number of nitrogens with zero attached hydrogens (tertiary/aromatic N) is 3. The van der Waals surface area contributed by atoms with Crippen LogP contribution in [0.4, 0.5) is 0 Å². The normalized spacial score (nSPS) is 16.2. The first-order chi connectivity index (χ1) is 13.0. The average molecular weight is 398 g/mol. The molecule has 0 aromatic carbocycles. The molecule has 0 atom stereocenters. The first kappa shape index (κ1) is 21.1. The lowest BCUT2D eigenvalue weighted by molar-refractivity contribution is -0.149. The molecule has 150 valence electrons. The highest BCUT2D eigenvalue weighted by atomic mass is 32.2. The molecule has 1 aromatic rings. The molecule has 2 N–H and O–H groups in total. The summed E-state index contributed by atoms with van der Waals surface area (Å²) in [4.78, 5) is 22.1. The van der Waals surface area contributed by atoms with Gasteiger partial charge in [-0.05, 0) is 31.9 Å². The van der Waals surface area contributed by atoms with Gasteiger partial charge in [0.1, 0.15) is 4.90 Å². The van der Waals surface area contributed by atoms with Gasteiger partial charge in [0.05, 0.1) is 12.5 Å². The van der Waals surface area contributed by atoms with Gasteiger partial charge >= 0.3 is 5.97 Å². The number of aliphatic imine (C=N–C) groups is 1. The summed E-state index contributed by atoms with van der Waals surface area (Å²) in [6, 6.07) is 3.07. The Balaban J connectivity index is 1.76. The van der Waals surface area contributed by atoms with E-state index in [2.05, 4.69) is 24.9 Å². The number of guanidine groups is 1. The third kappa shape index (κ3) is 6.17. The van der Waals surface area contributed by atoms with Crippen molar-refractivity contribution in [1.29, 1.82) is 0 Å². The molecule has 0 radical (unpaired) electrons. The maximum atomic E-state index is 12.1. The number of hydrogen-bond donors (Lipinski definition) is 2. The van der Waals surface area contributed by atoms with Crippen LogP contribution >= 0.6 is 0 Å². The van der Waals surface area contributed by atoms with Crippen molar-refractivity contribution in [2.75, 3.05) is 39.8 Å². The quantitative estimate of drug-likeness (QED) is 0.293. The van der Waals surface area contributed by atoms with E-state index in [0.717, 1.165) is 0 Å². The number of sulfonamides is 1. The molecule has 10 heteroatoms. The molecule has 0 aliphatic carbocycles. The maximum Gasteiger partial charge on any atom is 0.309 e. The maximum absolute atomic E-state index is 12.1. The minimum atomic E-state index is -3.57. The summed E-state index contributed by atoms with van der Waals surface area (Å²) in [5.74, 6) is 0.494. The number of carbonyl (C=O) groups is 1. The van der Waals surface area contributed by atoms with Gasteiger partial charge < -0.3 is 15.0 Å². The predicted molar refractivity (Wildman–Crippen MR) is 102 cm³/mol. The average Bonchev–Trinajstić information content (AvgIpc) is 2.69. The van der Waals surface area contributed by atoms with Gasteiger partial charge in [0.15, 0.2) is 5.96 Å². The van der Waals surface area contributed by atoms with Gasteiger partial charge in [0, 0.05) is 45.6 Å². The molecule has 0 saturated carbocycles. The lowest BCUT2D eigenvalue weighted by Crippen LogP contribution is -2.48. The number of carbonyl (C=O) groups excluding carboxylic acids is 1. The van der Waals surface area contributed by atoms with Crippen LogP contribution in [0, 0.1) is 5.92 Å². The molecule has 27 heavy (non-hydrogen) atoms. The topological polar surface area (TPSA) is 113 Å². The molecule has 2 rings (SSSR count). The molecule has 2 heterocycles. The minimum Gasteiger partial charge on any atom is -0.466 e. The van der Waals surface area contributed by atoms with Crippen LogP contribution < -0.4 is 10.0 Å². The highest BCUT2D eigenvalue weighted by molar-refractivity contribution is 7.89. The SMILES string of the molecule is CCOC(=O)C1CCN(C(=NC)NCCNS(=O)(=O)c2cccnc2)CC1. The number of rotatable bonds is 7. The van der Waals surface area contributed by atoms with E-state index in [1.165, 1.54) is 18.5 Å². The molecule has 0 unspecified atom stereocenters. The van der Waals surface area contributed by atoms with Crippen molar-refractivity contribution < 1.29 is 17.9 Å². The van der Waals surface area contributed by atoms with Crippen LogP contribution in [0.3, 0.4) is 0 Å². The number of likely N-dealkylation sites (tertiary alicyclic amines) is 1. The summed E-state index contributed by atoms with van der Waals surface area (Å²) >= 11 is 0. The Hall–Kier alpha value is -2.20. The molecule has 1 aromatic heterocycles. The van der Waals surface area contributed by atoms with Crippen molar-refractivity contribution in [2.24, 2.45) is 10.9 Å². The van der Waals surface area contributed by atoms with Crippen LogP contribution in [0.15, 0.2) is 34.4 Å². The first-order valence-corrected chi connectivity index (χ1v) is 10.5. The molecule has 1 aliphatic heterocycles. The van der Waals surface area contributed by atoms with E-state index in [-0.39, 0.29) is 23.3 Å². The van der Waals surface area contributed by atoms with E-state index in [4.69, 9.17) is 4.74 Å². The van der Waals surface area contributed by atoms with Crippen molar-refractivity contribution >= 4 is 22.0 Å². The van der Waals surface area contributed by atoms with Gasteiger partial charge in [-0.25, -0.2) is 13.1 Å². The van der Waals surface area contributed by atoms with Crippen molar-refractivity contribution in [3.05, 3.63) is 24.5 Å². The Labute approximate surface area is 160 Å². The predicted octanol–water partition coefficient (Wildman–Crippen LogP) is 0.210. The van der Waals surface area contributed by atoms with Crippen LogP contribution in [0.5, 0.6) is 0 Å². The van der Waals surface area contributed by atoms with E-state index in [1.807, 2.05) is 0 Å². The zero-order chi connectivity index (χ0) is 19.7. The van der Waals surface area contributed by atoms with Crippen LogP contribution in [0.1, 0.15) is 19.8 Å². The van der Waals surface area contributed by atoms with E-state index in [0.29, 0.717) is 45.0 Å². The number of nitrogens with one attached hydrogen (secondary N) is 2. The summed E-state index contributed by atoms with van der Waals surface area (Å²) in [5, 5.41) is 3.15. The Morgan fingerprint density at radius 2 is 2.11 bits per heavy atom. The lowest BCUT2D eigenvalue weighted by Gasteiger charge is -2.33. The minimum absolute atomic E-state index is 0.0643. The second-order valence-corrected chi connectivity index (χ2v) is 7.84. The summed E-state index contributed by atoms with van der Waals surface area (Å²) in [6.45, 7) is 4.22. The second kappa shape index (κ2) is 10.2. The summed E-state index contributed by atoms with van der Waals surface area (Å²) in [5.41, 5.74) is 0. The van der Waals surface area contributed by atoms with E-state index >= 15 is 0 Å². The fourth-order valence-electron chi connectivity index (χ4n) is 2.87. The molecular formula is C17H27N5O4S. The Morgan fingerprint density at radius 1 is 1.37 bits per heavy atom. The Morgan fingerprint density at radius 3 is 2.70 bits per heavy atom. The molecule has 1 saturated heterocycles. The largest absolute Gasteiger partial charge is 0.466 e. The third-order valence-electron chi connectivity index (χ3n) is 4.27. The number of piperidine rings is 1. The van der Waals surface area contributed by atoms with E-state index in [9.17, 15) is 13.2 Å². The van der Waals surface area contributed by atoms with Crippen LogP contribution in [0.2, 0.25) is 0 Å². The van der Waals surface area contributed by atoms with Gasteiger partial charge in [-0.1, -0.05) is 0 Å². The van der Waals surface area contributed by atoms with Crippen LogP contribution in [0.25, 0.3) is 0 Å².